The first-order chi connectivity index (χ1) is 13.2. The van der Waals surface area contributed by atoms with Crippen molar-refractivity contribution >= 4 is 5.91 Å². The van der Waals surface area contributed by atoms with Crippen LogP contribution in [0.5, 0.6) is 5.88 Å². The maximum Gasteiger partial charge on any atom is 0.230 e. The Labute approximate surface area is 159 Å². The van der Waals surface area contributed by atoms with Gasteiger partial charge in [-0.2, -0.15) is 0 Å². The molecule has 4 nitrogen and oxygen atoms in total. The maximum atomic E-state index is 13.2. The van der Waals surface area contributed by atoms with Crippen LogP contribution in [0.4, 0.5) is 4.39 Å². The average Bonchev–Trinajstić information content (AvgIpc) is 3.14. The van der Waals surface area contributed by atoms with Crippen LogP contribution in [0.15, 0.2) is 42.6 Å². The van der Waals surface area contributed by atoms with Crippen molar-refractivity contribution in [1.29, 1.82) is 0 Å². The van der Waals surface area contributed by atoms with Crippen molar-refractivity contribution in [3.8, 4) is 5.88 Å². The van der Waals surface area contributed by atoms with Crippen LogP contribution in [0.3, 0.4) is 0 Å². The van der Waals surface area contributed by atoms with Crippen LogP contribution in [0.2, 0.25) is 0 Å². The van der Waals surface area contributed by atoms with Crippen molar-refractivity contribution in [1.82, 2.24) is 10.3 Å². The molecule has 2 saturated carbocycles. The highest BCUT2D eigenvalue weighted by Gasteiger charge is 2.45. The fraction of sp³-hybridized carbons (Fsp3) is 0.455. The lowest BCUT2D eigenvalue weighted by Crippen LogP contribution is -2.49. The van der Waals surface area contributed by atoms with Gasteiger partial charge in [-0.3, -0.25) is 4.79 Å². The van der Waals surface area contributed by atoms with Gasteiger partial charge in [-0.25, -0.2) is 9.37 Å². The van der Waals surface area contributed by atoms with Crippen LogP contribution in [0.1, 0.15) is 56.1 Å². The Morgan fingerprint density at radius 3 is 2.56 bits per heavy atom. The fourth-order valence-electron chi connectivity index (χ4n) is 4.10. The van der Waals surface area contributed by atoms with Crippen LogP contribution in [-0.4, -0.2) is 17.0 Å². The maximum absolute atomic E-state index is 13.2. The number of amides is 1. The summed E-state index contributed by atoms with van der Waals surface area (Å²) in [4.78, 5) is 17.2. The summed E-state index contributed by atoms with van der Waals surface area (Å²) >= 11 is 0. The van der Waals surface area contributed by atoms with Crippen molar-refractivity contribution in [2.24, 2.45) is 0 Å². The third-order valence-corrected chi connectivity index (χ3v) is 5.88. The first-order valence-corrected chi connectivity index (χ1v) is 9.82. The van der Waals surface area contributed by atoms with E-state index in [2.05, 4.69) is 10.3 Å². The van der Waals surface area contributed by atoms with E-state index in [1.165, 1.54) is 25.0 Å². The highest BCUT2D eigenvalue weighted by Crippen LogP contribution is 2.44. The Bertz CT molecular complexity index is 796. The quantitative estimate of drug-likeness (QED) is 0.828. The van der Waals surface area contributed by atoms with E-state index in [-0.39, 0.29) is 17.8 Å². The summed E-state index contributed by atoms with van der Waals surface area (Å²) < 4.78 is 19.2. The third kappa shape index (κ3) is 3.82. The predicted octanol–water partition coefficient (Wildman–Crippen LogP) is 4.28. The highest BCUT2D eigenvalue weighted by molar-refractivity contribution is 5.89. The van der Waals surface area contributed by atoms with Crippen molar-refractivity contribution in [3.05, 3.63) is 59.5 Å². The fourth-order valence-corrected chi connectivity index (χ4v) is 4.10. The van der Waals surface area contributed by atoms with Crippen LogP contribution < -0.4 is 10.1 Å². The Kier molecular flexibility index (Phi) is 5.10. The number of aromatic nitrogens is 1. The number of halogens is 1. The van der Waals surface area contributed by atoms with E-state index in [0.29, 0.717) is 12.4 Å². The van der Waals surface area contributed by atoms with Crippen molar-refractivity contribution < 1.29 is 13.9 Å². The van der Waals surface area contributed by atoms with E-state index in [4.69, 9.17) is 4.74 Å². The molecule has 0 spiro atoms. The first-order valence-electron chi connectivity index (χ1n) is 9.82. The van der Waals surface area contributed by atoms with E-state index < -0.39 is 5.41 Å². The van der Waals surface area contributed by atoms with Gasteiger partial charge in [0, 0.05) is 18.8 Å². The molecular formula is C22H25FN2O2. The molecule has 1 aromatic heterocycles. The highest BCUT2D eigenvalue weighted by atomic mass is 19.1. The van der Waals surface area contributed by atoms with Crippen LogP contribution >= 0.6 is 0 Å². The molecule has 0 aliphatic heterocycles. The number of hydrogen-bond donors (Lipinski definition) is 1. The Morgan fingerprint density at radius 2 is 1.89 bits per heavy atom. The van der Waals surface area contributed by atoms with Gasteiger partial charge in [0.1, 0.15) is 11.9 Å². The molecule has 5 heteroatoms. The number of ether oxygens (including phenoxy) is 1. The molecule has 0 saturated heterocycles. The number of nitrogens with zero attached hydrogens (tertiary/aromatic N) is 1. The largest absolute Gasteiger partial charge is 0.474 e. The molecule has 0 radical (unpaired) electrons. The van der Waals surface area contributed by atoms with Gasteiger partial charge in [0.25, 0.3) is 0 Å². The van der Waals surface area contributed by atoms with Gasteiger partial charge in [0.2, 0.25) is 11.8 Å². The van der Waals surface area contributed by atoms with Crippen molar-refractivity contribution in [3.63, 3.8) is 0 Å². The summed E-state index contributed by atoms with van der Waals surface area (Å²) in [5.74, 6) is 0.362. The van der Waals surface area contributed by atoms with Crippen molar-refractivity contribution in [2.75, 3.05) is 0 Å². The second kappa shape index (κ2) is 7.67. The average molecular weight is 368 g/mol. The second-order valence-corrected chi connectivity index (χ2v) is 7.65. The standard InChI is InChI=1S/C22H25FN2O2/c23-18-8-6-17(7-9-18)22(11-3-12-22)21(26)25-15-16-10-13-24-20(14-16)27-19-4-1-2-5-19/h6-10,13-14,19H,1-5,11-12,15H2,(H,25,26). The molecule has 1 amide bonds. The molecule has 2 fully saturated rings. The van der Waals surface area contributed by atoms with Gasteiger partial charge in [-0.05, 0) is 67.9 Å². The number of carbonyl (C=O) groups excluding carboxylic acids is 1. The molecule has 4 rings (SSSR count). The van der Waals surface area contributed by atoms with Gasteiger partial charge >= 0.3 is 0 Å². The van der Waals surface area contributed by atoms with Crippen LogP contribution in [0, 0.1) is 5.82 Å². The topological polar surface area (TPSA) is 51.2 Å². The van der Waals surface area contributed by atoms with Gasteiger partial charge < -0.3 is 10.1 Å². The van der Waals surface area contributed by atoms with Crippen LogP contribution in [-0.2, 0) is 16.8 Å². The Hall–Kier alpha value is -2.43. The van der Waals surface area contributed by atoms with Gasteiger partial charge in [-0.1, -0.05) is 18.6 Å². The van der Waals surface area contributed by atoms with E-state index in [1.807, 2.05) is 12.1 Å². The molecule has 27 heavy (non-hydrogen) atoms. The number of rotatable bonds is 6. The van der Waals surface area contributed by atoms with Gasteiger partial charge in [0.05, 0.1) is 5.41 Å². The summed E-state index contributed by atoms with van der Waals surface area (Å²) in [5, 5.41) is 3.06. The molecule has 1 aromatic carbocycles. The number of carbonyl (C=O) groups is 1. The number of hydrogen-bond acceptors (Lipinski definition) is 3. The summed E-state index contributed by atoms with van der Waals surface area (Å²) in [6, 6.07) is 10.1. The first kappa shape index (κ1) is 18.0. The summed E-state index contributed by atoms with van der Waals surface area (Å²) in [6.45, 7) is 0.436. The second-order valence-electron chi connectivity index (χ2n) is 7.65. The van der Waals surface area contributed by atoms with E-state index in [0.717, 1.165) is 43.2 Å². The molecule has 0 bridgehead atoms. The van der Waals surface area contributed by atoms with Crippen molar-refractivity contribution in [2.45, 2.75) is 63.0 Å². The van der Waals surface area contributed by atoms with E-state index >= 15 is 0 Å². The lowest BCUT2D eigenvalue weighted by Gasteiger charge is -2.40. The van der Waals surface area contributed by atoms with Gasteiger partial charge in [0.15, 0.2) is 0 Å². The molecule has 142 valence electrons. The zero-order valence-corrected chi connectivity index (χ0v) is 15.4. The number of benzene rings is 1. The molecular weight excluding hydrogens is 343 g/mol. The SMILES string of the molecule is O=C(NCc1ccnc(OC2CCCC2)c1)C1(c2ccc(F)cc2)CCC1. The molecule has 1 N–H and O–H groups in total. The minimum atomic E-state index is -0.524. The van der Waals surface area contributed by atoms with Gasteiger partial charge in [-0.15, -0.1) is 0 Å². The minimum Gasteiger partial charge on any atom is -0.474 e. The molecule has 2 aliphatic rings. The van der Waals surface area contributed by atoms with E-state index in [1.54, 1.807) is 18.3 Å². The minimum absolute atomic E-state index is 0.00966. The lowest BCUT2D eigenvalue weighted by molar-refractivity contribution is -0.130. The molecule has 1 heterocycles. The summed E-state index contributed by atoms with van der Waals surface area (Å²) in [5.41, 5.74) is 1.34. The zero-order valence-electron chi connectivity index (χ0n) is 15.4. The molecule has 2 aliphatic carbocycles. The monoisotopic (exact) mass is 368 g/mol. The molecule has 0 atom stereocenters. The molecule has 0 unspecified atom stereocenters. The smallest absolute Gasteiger partial charge is 0.230 e. The zero-order chi connectivity index (χ0) is 18.7. The molecule has 2 aromatic rings. The number of nitrogens with one attached hydrogen (secondary N) is 1. The predicted molar refractivity (Wildman–Crippen MR) is 101 cm³/mol. The normalized spacial score (nSPS) is 18.7. The number of pyridine rings is 1. The lowest BCUT2D eigenvalue weighted by atomic mass is 9.64. The Morgan fingerprint density at radius 1 is 1.15 bits per heavy atom. The third-order valence-electron chi connectivity index (χ3n) is 5.88. The summed E-state index contributed by atoms with van der Waals surface area (Å²) in [7, 11) is 0. The van der Waals surface area contributed by atoms with E-state index in [9.17, 15) is 9.18 Å². The summed E-state index contributed by atoms with van der Waals surface area (Å²) in [6.07, 6.45) is 9.21. The Balaban J connectivity index is 1.40. The van der Waals surface area contributed by atoms with Crippen LogP contribution in [0.25, 0.3) is 0 Å².